The van der Waals surface area contributed by atoms with E-state index in [1.807, 2.05) is 24.3 Å². The van der Waals surface area contributed by atoms with Crippen molar-refractivity contribution in [1.82, 2.24) is 9.97 Å². The molecule has 2 aromatic rings. The van der Waals surface area contributed by atoms with Crippen LogP contribution in [0.4, 0.5) is 5.82 Å². The highest BCUT2D eigenvalue weighted by atomic mass is 35.5. The molecule has 5 nitrogen and oxygen atoms in total. The maximum Gasteiger partial charge on any atom is 0.218 e. The molecular formula is C14H16ClN3O2. The van der Waals surface area contributed by atoms with E-state index in [0.717, 1.165) is 10.6 Å². The zero-order valence-electron chi connectivity index (χ0n) is 11.2. The van der Waals surface area contributed by atoms with E-state index in [1.165, 1.54) is 6.33 Å². The number of nitrogens with one attached hydrogen (secondary N) is 1. The number of halogens is 1. The molecule has 0 bridgehead atoms. The highest BCUT2D eigenvalue weighted by Gasteiger charge is 2.00. The van der Waals surface area contributed by atoms with Gasteiger partial charge in [-0.1, -0.05) is 23.7 Å². The molecule has 20 heavy (non-hydrogen) atoms. The normalized spacial score (nSPS) is 10.3. The van der Waals surface area contributed by atoms with E-state index < -0.39 is 0 Å². The summed E-state index contributed by atoms with van der Waals surface area (Å²) < 4.78 is 10.3. The highest BCUT2D eigenvalue weighted by Crippen LogP contribution is 2.13. The fourth-order valence-electron chi connectivity index (χ4n) is 1.54. The van der Waals surface area contributed by atoms with Crippen molar-refractivity contribution >= 4 is 17.4 Å². The van der Waals surface area contributed by atoms with Gasteiger partial charge in [-0.15, -0.1) is 0 Å². The third-order valence-corrected chi connectivity index (χ3v) is 2.82. The van der Waals surface area contributed by atoms with Crippen molar-refractivity contribution in [3.05, 3.63) is 47.2 Å². The fraction of sp³-hybridized carbons (Fsp3) is 0.286. The summed E-state index contributed by atoms with van der Waals surface area (Å²) in [6.45, 7) is 1.65. The molecule has 0 saturated carbocycles. The SMILES string of the molecule is COCCOc1cc(NCc2ccc(Cl)cc2)ncn1. The Balaban J connectivity index is 1.89. The second kappa shape index (κ2) is 7.67. The molecule has 0 amide bonds. The summed E-state index contributed by atoms with van der Waals surface area (Å²) in [6.07, 6.45) is 1.46. The van der Waals surface area contributed by atoms with Gasteiger partial charge in [0.2, 0.25) is 5.88 Å². The average Bonchev–Trinajstić information content (AvgIpc) is 2.47. The van der Waals surface area contributed by atoms with Gasteiger partial charge in [0.1, 0.15) is 18.8 Å². The minimum Gasteiger partial charge on any atom is -0.475 e. The lowest BCUT2D eigenvalue weighted by Gasteiger charge is -2.08. The van der Waals surface area contributed by atoms with Crippen LogP contribution in [0, 0.1) is 0 Å². The molecule has 6 heteroatoms. The van der Waals surface area contributed by atoms with Gasteiger partial charge in [-0.3, -0.25) is 0 Å². The van der Waals surface area contributed by atoms with Gasteiger partial charge in [-0.2, -0.15) is 0 Å². The minimum absolute atomic E-state index is 0.462. The van der Waals surface area contributed by atoms with E-state index in [9.17, 15) is 0 Å². The molecule has 1 N–H and O–H groups in total. The van der Waals surface area contributed by atoms with Gasteiger partial charge in [-0.25, -0.2) is 9.97 Å². The lowest BCUT2D eigenvalue weighted by Crippen LogP contribution is -2.07. The number of aromatic nitrogens is 2. The fourth-order valence-corrected chi connectivity index (χ4v) is 1.67. The molecule has 1 aromatic heterocycles. The molecule has 1 aromatic carbocycles. The number of anilines is 1. The van der Waals surface area contributed by atoms with Crippen molar-refractivity contribution in [3.8, 4) is 5.88 Å². The topological polar surface area (TPSA) is 56.3 Å². The zero-order chi connectivity index (χ0) is 14.2. The van der Waals surface area contributed by atoms with Crippen LogP contribution < -0.4 is 10.1 Å². The van der Waals surface area contributed by atoms with Crippen LogP contribution in [-0.4, -0.2) is 30.3 Å². The lowest BCUT2D eigenvalue weighted by atomic mass is 10.2. The van der Waals surface area contributed by atoms with E-state index in [1.54, 1.807) is 13.2 Å². The van der Waals surface area contributed by atoms with Crippen LogP contribution in [0.2, 0.25) is 5.02 Å². The van der Waals surface area contributed by atoms with Gasteiger partial charge in [0.15, 0.2) is 0 Å². The van der Waals surface area contributed by atoms with E-state index in [4.69, 9.17) is 21.1 Å². The first-order valence-corrected chi connectivity index (χ1v) is 6.58. The summed E-state index contributed by atoms with van der Waals surface area (Å²) in [5.74, 6) is 1.23. The molecule has 0 aliphatic rings. The summed E-state index contributed by atoms with van der Waals surface area (Å²) in [5.41, 5.74) is 1.12. The number of rotatable bonds is 7. The number of nitrogens with zero attached hydrogens (tertiary/aromatic N) is 2. The Hall–Kier alpha value is -1.85. The van der Waals surface area contributed by atoms with Gasteiger partial charge in [0.25, 0.3) is 0 Å². The maximum absolute atomic E-state index is 5.84. The summed E-state index contributed by atoms with van der Waals surface area (Å²) in [4.78, 5) is 8.17. The van der Waals surface area contributed by atoms with Crippen molar-refractivity contribution < 1.29 is 9.47 Å². The molecule has 106 valence electrons. The van der Waals surface area contributed by atoms with Crippen molar-refractivity contribution in [2.75, 3.05) is 25.6 Å². The van der Waals surface area contributed by atoms with Crippen molar-refractivity contribution in [1.29, 1.82) is 0 Å². The zero-order valence-corrected chi connectivity index (χ0v) is 11.9. The van der Waals surface area contributed by atoms with Gasteiger partial charge >= 0.3 is 0 Å². The van der Waals surface area contributed by atoms with Crippen LogP contribution in [0.5, 0.6) is 5.88 Å². The van der Waals surface area contributed by atoms with Crippen molar-refractivity contribution in [2.24, 2.45) is 0 Å². The summed E-state index contributed by atoms with van der Waals surface area (Å²) in [7, 11) is 1.63. The first kappa shape index (κ1) is 14.6. The van der Waals surface area contributed by atoms with Crippen LogP contribution in [-0.2, 0) is 11.3 Å². The number of methoxy groups -OCH3 is 1. The first-order chi connectivity index (χ1) is 9.78. The Kier molecular flexibility index (Phi) is 5.58. The van der Waals surface area contributed by atoms with E-state index in [0.29, 0.717) is 31.5 Å². The number of hydrogen-bond acceptors (Lipinski definition) is 5. The molecular weight excluding hydrogens is 278 g/mol. The smallest absolute Gasteiger partial charge is 0.218 e. The van der Waals surface area contributed by atoms with Crippen molar-refractivity contribution in [2.45, 2.75) is 6.54 Å². The third kappa shape index (κ3) is 4.68. The van der Waals surface area contributed by atoms with Gasteiger partial charge in [0, 0.05) is 24.7 Å². The predicted molar refractivity (Wildman–Crippen MR) is 78.2 cm³/mol. The quantitative estimate of drug-likeness (QED) is 0.796. The molecule has 0 aliphatic carbocycles. The molecule has 0 aliphatic heterocycles. The molecule has 0 unspecified atom stereocenters. The second-order valence-electron chi connectivity index (χ2n) is 4.06. The predicted octanol–water partition coefficient (Wildman–Crippen LogP) is 2.77. The molecule has 2 rings (SSSR count). The molecule has 0 fully saturated rings. The second-order valence-corrected chi connectivity index (χ2v) is 4.50. The Morgan fingerprint density at radius 3 is 2.70 bits per heavy atom. The van der Waals surface area contributed by atoms with Gasteiger partial charge in [-0.05, 0) is 17.7 Å². The van der Waals surface area contributed by atoms with E-state index in [2.05, 4.69) is 15.3 Å². The number of hydrogen-bond donors (Lipinski definition) is 1. The molecule has 1 heterocycles. The van der Waals surface area contributed by atoms with Gasteiger partial charge < -0.3 is 14.8 Å². The van der Waals surface area contributed by atoms with Crippen LogP contribution in [0.1, 0.15) is 5.56 Å². The Morgan fingerprint density at radius 1 is 1.15 bits per heavy atom. The van der Waals surface area contributed by atoms with Crippen LogP contribution in [0.15, 0.2) is 36.7 Å². The van der Waals surface area contributed by atoms with Crippen LogP contribution in [0.25, 0.3) is 0 Å². The Labute approximate surface area is 122 Å². The summed E-state index contributed by atoms with van der Waals surface area (Å²) in [6, 6.07) is 9.40. The maximum atomic E-state index is 5.84. The van der Waals surface area contributed by atoms with Crippen LogP contribution >= 0.6 is 11.6 Å². The summed E-state index contributed by atoms with van der Waals surface area (Å²) in [5, 5.41) is 3.93. The van der Waals surface area contributed by atoms with Gasteiger partial charge in [0.05, 0.1) is 6.61 Å². The molecule has 0 saturated heterocycles. The van der Waals surface area contributed by atoms with E-state index in [-0.39, 0.29) is 0 Å². The first-order valence-electron chi connectivity index (χ1n) is 6.20. The molecule has 0 atom stereocenters. The highest BCUT2D eigenvalue weighted by molar-refractivity contribution is 6.30. The third-order valence-electron chi connectivity index (χ3n) is 2.57. The Bertz CT molecular complexity index is 534. The van der Waals surface area contributed by atoms with E-state index >= 15 is 0 Å². The standard InChI is InChI=1S/C14H16ClN3O2/c1-19-6-7-20-14-8-13(17-10-18-14)16-9-11-2-4-12(15)5-3-11/h2-5,8,10H,6-7,9H2,1H3,(H,16,17,18). The monoisotopic (exact) mass is 293 g/mol. The van der Waals surface area contributed by atoms with Crippen LogP contribution in [0.3, 0.4) is 0 Å². The number of ether oxygens (including phenoxy) is 2. The average molecular weight is 294 g/mol. The summed E-state index contributed by atoms with van der Waals surface area (Å²) >= 11 is 5.84. The lowest BCUT2D eigenvalue weighted by molar-refractivity contribution is 0.143. The number of benzene rings is 1. The largest absolute Gasteiger partial charge is 0.475 e. The van der Waals surface area contributed by atoms with Crippen molar-refractivity contribution in [3.63, 3.8) is 0 Å². The molecule has 0 spiro atoms. The Morgan fingerprint density at radius 2 is 1.95 bits per heavy atom. The minimum atomic E-state index is 0.462. The molecule has 0 radical (unpaired) electrons.